The highest BCUT2D eigenvalue weighted by atomic mass is 16.3. The molecule has 3 nitrogen and oxygen atoms in total. The minimum Gasteiger partial charge on any atom is -0.507 e. The molecule has 0 aliphatic heterocycles. The number of aromatic hydroxyl groups is 1. The van der Waals surface area contributed by atoms with E-state index in [-0.39, 0.29) is 5.75 Å². The van der Waals surface area contributed by atoms with Gasteiger partial charge in [-0.25, -0.2) is 0 Å². The molecule has 0 bridgehead atoms. The van der Waals surface area contributed by atoms with Gasteiger partial charge in [-0.15, -0.1) is 0 Å². The van der Waals surface area contributed by atoms with Crippen molar-refractivity contribution in [1.82, 2.24) is 0 Å². The number of hydrogen-bond donors (Lipinski definition) is 1. The molecule has 51 heavy (non-hydrogen) atoms. The first-order valence-corrected chi connectivity index (χ1v) is 17.2. The van der Waals surface area contributed by atoms with E-state index in [1.54, 1.807) is 6.07 Å². The molecule has 242 valence electrons. The Morgan fingerprint density at radius 3 is 1.76 bits per heavy atom. The molecule has 1 heterocycles. The molecule has 0 saturated heterocycles. The standard InChI is InChI=1S/C48H33NO2/c50-44-24-12-23-43(47(44)35-15-5-2-6-16-35)49(40-20-10-19-38(32-40)37-18-9-17-36(31-37)33-13-3-1-4-14-33)39-29-27-34(28-30-39)41-22-11-26-46-48(41)42-21-7-8-25-45(42)51-46/h1-32,50H. The topological polar surface area (TPSA) is 36.6 Å². The smallest absolute Gasteiger partial charge is 0.136 e. The van der Waals surface area contributed by atoms with Gasteiger partial charge in [0.2, 0.25) is 0 Å². The van der Waals surface area contributed by atoms with Crippen molar-refractivity contribution in [2.45, 2.75) is 0 Å². The minimum absolute atomic E-state index is 0.227. The Kier molecular flexibility index (Phi) is 7.64. The summed E-state index contributed by atoms with van der Waals surface area (Å²) in [4.78, 5) is 2.24. The van der Waals surface area contributed by atoms with Gasteiger partial charge in [0.1, 0.15) is 16.9 Å². The Bertz CT molecular complexity index is 2640. The number of para-hydroxylation sites is 1. The summed E-state index contributed by atoms with van der Waals surface area (Å²) in [7, 11) is 0. The van der Waals surface area contributed by atoms with Crippen LogP contribution in [0.2, 0.25) is 0 Å². The van der Waals surface area contributed by atoms with Gasteiger partial charge in [-0.3, -0.25) is 0 Å². The lowest BCUT2D eigenvalue weighted by atomic mass is 9.97. The summed E-state index contributed by atoms with van der Waals surface area (Å²) >= 11 is 0. The second-order valence-corrected chi connectivity index (χ2v) is 12.7. The van der Waals surface area contributed by atoms with Crippen LogP contribution in [0.1, 0.15) is 0 Å². The Morgan fingerprint density at radius 1 is 0.392 bits per heavy atom. The molecule has 0 unspecified atom stereocenters. The largest absolute Gasteiger partial charge is 0.507 e. The SMILES string of the molecule is Oc1cccc(N(c2ccc(-c3cccc4oc5ccccc5c34)cc2)c2cccc(-c3cccc(-c4ccccc4)c3)c2)c1-c1ccccc1. The number of anilines is 3. The lowest BCUT2D eigenvalue weighted by Gasteiger charge is -2.29. The molecule has 0 spiro atoms. The van der Waals surface area contributed by atoms with Crippen LogP contribution in [-0.4, -0.2) is 5.11 Å². The number of hydrogen-bond acceptors (Lipinski definition) is 3. The third-order valence-electron chi connectivity index (χ3n) is 9.57. The normalized spacial score (nSPS) is 11.2. The van der Waals surface area contributed by atoms with Crippen molar-refractivity contribution in [1.29, 1.82) is 0 Å². The van der Waals surface area contributed by atoms with Gasteiger partial charge in [0.25, 0.3) is 0 Å². The molecule has 0 fully saturated rings. The maximum atomic E-state index is 11.4. The van der Waals surface area contributed by atoms with Crippen molar-refractivity contribution in [3.05, 3.63) is 194 Å². The third-order valence-corrected chi connectivity index (χ3v) is 9.57. The number of fused-ring (bicyclic) bond motifs is 3. The zero-order chi connectivity index (χ0) is 34.1. The summed E-state index contributed by atoms with van der Waals surface area (Å²) in [6.07, 6.45) is 0. The zero-order valence-corrected chi connectivity index (χ0v) is 27.8. The first-order chi connectivity index (χ1) is 25.2. The number of rotatable bonds is 7. The average Bonchev–Trinajstić information content (AvgIpc) is 3.58. The molecule has 9 aromatic rings. The van der Waals surface area contributed by atoms with Gasteiger partial charge >= 0.3 is 0 Å². The number of benzene rings is 8. The van der Waals surface area contributed by atoms with Gasteiger partial charge in [-0.1, -0.05) is 140 Å². The molecule has 8 aromatic carbocycles. The second kappa shape index (κ2) is 12.9. The highest BCUT2D eigenvalue weighted by Gasteiger charge is 2.21. The fraction of sp³-hybridized carbons (Fsp3) is 0. The third kappa shape index (κ3) is 5.61. The van der Waals surface area contributed by atoms with E-state index in [4.69, 9.17) is 4.42 Å². The molecular weight excluding hydrogens is 623 g/mol. The first-order valence-electron chi connectivity index (χ1n) is 17.2. The Labute approximate surface area is 296 Å². The van der Waals surface area contributed by atoms with Crippen LogP contribution in [0, 0.1) is 0 Å². The molecule has 0 saturated carbocycles. The summed E-state index contributed by atoms with van der Waals surface area (Å²) in [5, 5.41) is 13.6. The van der Waals surface area contributed by atoms with Crippen LogP contribution in [0.15, 0.2) is 199 Å². The Hall–Kier alpha value is -6.84. The summed E-state index contributed by atoms with van der Waals surface area (Å²) in [6.45, 7) is 0. The van der Waals surface area contributed by atoms with Crippen molar-refractivity contribution in [3.8, 4) is 50.3 Å². The summed E-state index contributed by atoms with van der Waals surface area (Å²) in [6, 6.07) is 66.8. The van der Waals surface area contributed by atoms with Crippen molar-refractivity contribution in [3.63, 3.8) is 0 Å². The van der Waals surface area contributed by atoms with Crippen molar-refractivity contribution >= 4 is 39.0 Å². The predicted octanol–water partition coefficient (Wildman–Crippen LogP) is 13.4. The number of phenols is 1. The van der Waals surface area contributed by atoms with Crippen LogP contribution in [0.5, 0.6) is 5.75 Å². The molecular formula is C48H33NO2. The highest BCUT2D eigenvalue weighted by Crippen LogP contribution is 2.46. The monoisotopic (exact) mass is 655 g/mol. The van der Waals surface area contributed by atoms with Gasteiger partial charge in [0.05, 0.1) is 5.69 Å². The van der Waals surface area contributed by atoms with Crippen molar-refractivity contribution in [2.75, 3.05) is 4.90 Å². The average molecular weight is 656 g/mol. The lowest BCUT2D eigenvalue weighted by Crippen LogP contribution is -2.11. The van der Waals surface area contributed by atoms with Crippen LogP contribution in [0.25, 0.3) is 66.4 Å². The van der Waals surface area contributed by atoms with Crippen molar-refractivity contribution < 1.29 is 9.52 Å². The van der Waals surface area contributed by atoms with Gasteiger partial charge in [0, 0.05) is 27.7 Å². The summed E-state index contributed by atoms with van der Waals surface area (Å²) in [5.74, 6) is 0.227. The molecule has 3 heteroatoms. The Balaban J connectivity index is 1.20. The van der Waals surface area contributed by atoms with E-state index in [0.717, 1.165) is 72.4 Å². The van der Waals surface area contributed by atoms with E-state index >= 15 is 0 Å². The highest BCUT2D eigenvalue weighted by molar-refractivity contribution is 6.12. The maximum absolute atomic E-state index is 11.4. The molecule has 0 aliphatic rings. The molecule has 9 rings (SSSR count). The fourth-order valence-corrected chi connectivity index (χ4v) is 7.18. The quantitative estimate of drug-likeness (QED) is 0.186. The maximum Gasteiger partial charge on any atom is 0.136 e. The van der Waals surface area contributed by atoms with E-state index in [0.29, 0.717) is 0 Å². The first kappa shape index (κ1) is 30.2. The molecule has 0 atom stereocenters. The summed E-state index contributed by atoms with van der Waals surface area (Å²) in [5.41, 5.74) is 13.1. The number of furan rings is 1. The van der Waals surface area contributed by atoms with E-state index in [1.165, 1.54) is 11.1 Å². The van der Waals surface area contributed by atoms with Crippen LogP contribution in [-0.2, 0) is 0 Å². The minimum atomic E-state index is 0.227. The fourth-order valence-electron chi connectivity index (χ4n) is 7.18. The van der Waals surface area contributed by atoms with Crippen LogP contribution in [0.4, 0.5) is 17.1 Å². The second-order valence-electron chi connectivity index (χ2n) is 12.7. The molecule has 0 radical (unpaired) electrons. The summed E-state index contributed by atoms with van der Waals surface area (Å²) < 4.78 is 6.21. The number of nitrogens with zero attached hydrogens (tertiary/aromatic N) is 1. The van der Waals surface area contributed by atoms with E-state index < -0.39 is 0 Å². The zero-order valence-electron chi connectivity index (χ0n) is 27.8. The van der Waals surface area contributed by atoms with E-state index in [9.17, 15) is 5.11 Å². The molecule has 0 aliphatic carbocycles. The van der Waals surface area contributed by atoms with Crippen LogP contribution in [0.3, 0.4) is 0 Å². The van der Waals surface area contributed by atoms with Gasteiger partial charge < -0.3 is 14.4 Å². The predicted molar refractivity (Wildman–Crippen MR) is 212 cm³/mol. The molecule has 0 amide bonds. The van der Waals surface area contributed by atoms with Gasteiger partial charge in [-0.05, 0) is 93.5 Å². The molecule has 1 N–H and O–H groups in total. The van der Waals surface area contributed by atoms with Crippen LogP contribution >= 0.6 is 0 Å². The van der Waals surface area contributed by atoms with Gasteiger partial charge in [0.15, 0.2) is 0 Å². The van der Waals surface area contributed by atoms with E-state index in [2.05, 4.69) is 132 Å². The van der Waals surface area contributed by atoms with E-state index in [1.807, 2.05) is 60.7 Å². The Morgan fingerprint density at radius 2 is 0.980 bits per heavy atom. The lowest BCUT2D eigenvalue weighted by molar-refractivity contribution is 0.477. The van der Waals surface area contributed by atoms with Crippen LogP contribution < -0.4 is 4.90 Å². The number of phenolic OH excluding ortho intramolecular Hbond substituents is 1. The van der Waals surface area contributed by atoms with Crippen molar-refractivity contribution in [2.24, 2.45) is 0 Å². The molecule has 1 aromatic heterocycles. The van der Waals surface area contributed by atoms with Gasteiger partial charge in [-0.2, -0.15) is 0 Å².